The lowest BCUT2D eigenvalue weighted by Crippen LogP contribution is -2.31. The molecule has 1 aliphatic heterocycles. The fraction of sp³-hybridized carbons (Fsp3) is 0.500. The summed E-state index contributed by atoms with van der Waals surface area (Å²) in [5.74, 6) is -0.583. The normalized spacial score (nSPS) is 24.2. The van der Waals surface area contributed by atoms with Crippen LogP contribution in [0, 0.1) is 17.2 Å². The van der Waals surface area contributed by atoms with Crippen LogP contribution in [0.5, 0.6) is 0 Å². The number of hydrogen-bond donors (Lipinski definition) is 2. The fourth-order valence-corrected chi connectivity index (χ4v) is 3.23. The van der Waals surface area contributed by atoms with Crippen LogP contribution in [0.3, 0.4) is 0 Å². The number of carbonyl (C=O) groups is 1. The van der Waals surface area contributed by atoms with Crippen molar-refractivity contribution < 1.29 is 9.18 Å². The molecule has 2 N–H and O–H groups in total. The van der Waals surface area contributed by atoms with E-state index >= 15 is 0 Å². The van der Waals surface area contributed by atoms with Gasteiger partial charge in [0.2, 0.25) is 5.91 Å². The molecule has 1 aliphatic carbocycles. The van der Waals surface area contributed by atoms with Crippen LogP contribution in [-0.2, 0) is 4.79 Å². The zero-order valence-electron chi connectivity index (χ0n) is 10.5. The van der Waals surface area contributed by atoms with E-state index in [2.05, 4.69) is 10.6 Å². The Kier molecular flexibility index (Phi) is 3.23. The van der Waals surface area contributed by atoms with Crippen LogP contribution < -0.4 is 10.6 Å². The highest BCUT2D eigenvalue weighted by molar-refractivity contribution is 6.33. The molecule has 1 aromatic rings. The van der Waals surface area contributed by atoms with Gasteiger partial charge in [-0.15, -0.1) is 0 Å². The van der Waals surface area contributed by atoms with Gasteiger partial charge in [-0.05, 0) is 49.9 Å². The van der Waals surface area contributed by atoms with E-state index in [1.165, 1.54) is 12.1 Å². The first-order valence-corrected chi connectivity index (χ1v) is 6.96. The van der Waals surface area contributed by atoms with E-state index < -0.39 is 5.82 Å². The van der Waals surface area contributed by atoms with Gasteiger partial charge in [0, 0.05) is 5.92 Å². The summed E-state index contributed by atoms with van der Waals surface area (Å²) in [7, 11) is 0. The quantitative estimate of drug-likeness (QED) is 0.876. The molecule has 1 heterocycles. The van der Waals surface area contributed by atoms with E-state index in [-0.39, 0.29) is 28.0 Å². The van der Waals surface area contributed by atoms with Crippen LogP contribution >= 0.6 is 11.6 Å². The van der Waals surface area contributed by atoms with Crippen LogP contribution in [0.2, 0.25) is 5.02 Å². The number of carbonyl (C=O) groups excluding carboxylic acids is 1. The lowest BCUT2D eigenvalue weighted by Gasteiger charge is -2.23. The van der Waals surface area contributed by atoms with E-state index in [1.54, 1.807) is 6.07 Å². The number of benzene rings is 1. The highest BCUT2D eigenvalue weighted by Gasteiger charge is 2.57. The molecule has 3 rings (SSSR count). The fourth-order valence-electron chi connectivity index (χ4n) is 3.02. The molecule has 2 fully saturated rings. The van der Waals surface area contributed by atoms with Crippen LogP contribution in [0.4, 0.5) is 10.1 Å². The second kappa shape index (κ2) is 4.76. The van der Waals surface area contributed by atoms with Gasteiger partial charge in [-0.2, -0.15) is 0 Å². The van der Waals surface area contributed by atoms with Gasteiger partial charge in [-0.3, -0.25) is 4.79 Å². The van der Waals surface area contributed by atoms with Gasteiger partial charge in [-0.1, -0.05) is 17.7 Å². The summed E-state index contributed by atoms with van der Waals surface area (Å²) in [5.41, 5.74) is 0.248. The van der Waals surface area contributed by atoms with Crippen molar-refractivity contribution in [2.45, 2.75) is 19.3 Å². The highest BCUT2D eigenvalue weighted by Crippen LogP contribution is 2.58. The molecule has 1 saturated carbocycles. The maximum atomic E-state index is 13.6. The minimum atomic E-state index is -0.485. The van der Waals surface area contributed by atoms with Gasteiger partial charge in [-0.25, -0.2) is 4.39 Å². The molecule has 5 heteroatoms. The molecule has 19 heavy (non-hydrogen) atoms. The molecule has 1 saturated heterocycles. The van der Waals surface area contributed by atoms with E-state index in [0.29, 0.717) is 0 Å². The van der Waals surface area contributed by atoms with Crippen molar-refractivity contribution in [1.29, 1.82) is 0 Å². The first-order chi connectivity index (χ1) is 9.12. The van der Waals surface area contributed by atoms with E-state index in [1.807, 2.05) is 0 Å². The molecule has 1 amide bonds. The number of halogens is 2. The molecule has 1 spiro atoms. The summed E-state index contributed by atoms with van der Waals surface area (Å²) < 4.78 is 13.6. The van der Waals surface area contributed by atoms with E-state index in [0.717, 1.165) is 32.4 Å². The summed E-state index contributed by atoms with van der Waals surface area (Å²) in [4.78, 5) is 12.2. The predicted molar refractivity (Wildman–Crippen MR) is 72.7 cm³/mol. The number of piperidine rings is 1. The monoisotopic (exact) mass is 282 g/mol. The van der Waals surface area contributed by atoms with Crippen molar-refractivity contribution in [3.8, 4) is 0 Å². The molecule has 102 valence electrons. The molecular weight excluding hydrogens is 267 g/mol. The van der Waals surface area contributed by atoms with Gasteiger partial charge < -0.3 is 10.6 Å². The van der Waals surface area contributed by atoms with Crippen molar-refractivity contribution in [1.82, 2.24) is 5.32 Å². The molecule has 1 atom stereocenters. The Morgan fingerprint density at radius 1 is 1.42 bits per heavy atom. The zero-order valence-corrected chi connectivity index (χ0v) is 11.3. The average molecular weight is 283 g/mol. The zero-order chi connectivity index (χ0) is 13.5. The number of hydrogen-bond acceptors (Lipinski definition) is 2. The maximum Gasteiger partial charge on any atom is 0.228 e. The maximum absolute atomic E-state index is 13.6. The summed E-state index contributed by atoms with van der Waals surface area (Å²) in [6, 6.07) is 4.40. The number of nitrogens with one attached hydrogen (secondary N) is 2. The molecule has 0 radical (unpaired) electrons. The minimum absolute atomic E-state index is 0.00488. The molecule has 0 aromatic heterocycles. The highest BCUT2D eigenvalue weighted by atomic mass is 35.5. The van der Waals surface area contributed by atoms with Gasteiger partial charge in [0.1, 0.15) is 5.82 Å². The lowest BCUT2D eigenvalue weighted by molar-refractivity contribution is -0.118. The van der Waals surface area contributed by atoms with Gasteiger partial charge in [0.25, 0.3) is 0 Å². The van der Waals surface area contributed by atoms with Crippen LogP contribution in [0.15, 0.2) is 18.2 Å². The third-order valence-corrected chi connectivity index (χ3v) is 4.63. The second-order valence-electron chi connectivity index (χ2n) is 5.45. The van der Waals surface area contributed by atoms with Crippen LogP contribution in [0.25, 0.3) is 0 Å². The van der Waals surface area contributed by atoms with Crippen LogP contribution in [-0.4, -0.2) is 19.0 Å². The van der Waals surface area contributed by atoms with Gasteiger partial charge >= 0.3 is 0 Å². The van der Waals surface area contributed by atoms with Crippen molar-refractivity contribution in [3.05, 3.63) is 29.0 Å². The standard InChI is InChI=1S/C14H16ClFN2O/c15-10-2-1-3-11(16)12(10)18-13(19)9-8-14(9)4-6-17-7-5-14/h1-3,9,17H,4-8H2,(H,18,19). The van der Waals surface area contributed by atoms with E-state index in [9.17, 15) is 9.18 Å². The van der Waals surface area contributed by atoms with E-state index in [4.69, 9.17) is 11.6 Å². The van der Waals surface area contributed by atoms with Crippen molar-refractivity contribution in [3.63, 3.8) is 0 Å². The summed E-state index contributed by atoms with van der Waals surface area (Å²) in [6.07, 6.45) is 2.96. The number of rotatable bonds is 2. The number of para-hydroxylation sites is 1. The SMILES string of the molecule is O=C(Nc1c(F)cccc1Cl)C1CC12CCNCC2. The third-order valence-electron chi connectivity index (χ3n) is 4.32. The minimum Gasteiger partial charge on any atom is -0.322 e. The van der Waals surface area contributed by atoms with Crippen LogP contribution in [0.1, 0.15) is 19.3 Å². The Balaban J connectivity index is 1.70. The van der Waals surface area contributed by atoms with Crippen molar-refractivity contribution in [2.75, 3.05) is 18.4 Å². The second-order valence-corrected chi connectivity index (χ2v) is 5.86. The molecule has 3 nitrogen and oxygen atoms in total. The molecule has 0 bridgehead atoms. The Hall–Kier alpha value is -1.13. The van der Waals surface area contributed by atoms with Crippen molar-refractivity contribution >= 4 is 23.2 Å². The summed E-state index contributed by atoms with van der Waals surface area (Å²) >= 11 is 5.91. The average Bonchev–Trinajstić information content (AvgIpc) is 3.08. The largest absolute Gasteiger partial charge is 0.322 e. The first kappa shape index (κ1) is 12.9. The summed E-state index contributed by atoms with van der Waals surface area (Å²) in [6.45, 7) is 1.93. The Morgan fingerprint density at radius 3 is 2.84 bits per heavy atom. The Morgan fingerprint density at radius 2 is 2.16 bits per heavy atom. The smallest absolute Gasteiger partial charge is 0.228 e. The van der Waals surface area contributed by atoms with Gasteiger partial charge in [0.15, 0.2) is 0 Å². The first-order valence-electron chi connectivity index (χ1n) is 6.58. The molecule has 1 aromatic carbocycles. The molecule has 1 unspecified atom stereocenters. The molecular formula is C14H16ClFN2O. The summed E-state index contributed by atoms with van der Waals surface area (Å²) in [5, 5.41) is 6.18. The number of amides is 1. The Bertz CT molecular complexity index is 494. The predicted octanol–water partition coefficient (Wildman–Crippen LogP) is 2.81. The topological polar surface area (TPSA) is 41.1 Å². The molecule has 2 aliphatic rings. The van der Waals surface area contributed by atoms with Crippen molar-refractivity contribution in [2.24, 2.45) is 11.3 Å². The number of anilines is 1. The van der Waals surface area contributed by atoms with Gasteiger partial charge in [0.05, 0.1) is 10.7 Å². The Labute approximate surface area is 116 Å². The third kappa shape index (κ3) is 2.35. The lowest BCUT2D eigenvalue weighted by atomic mass is 9.92.